The van der Waals surface area contributed by atoms with Crippen LogP contribution in [0.1, 0.15) is 29.6 Å². The zero-order chi connectivity index (χ0) is 20.3. The molecule has 1 atom stereocenters. The van der Waals surface area contributed by atoms with Gasteiger partial charge < -0.3 is 10.1 Å². The van der Waals surface area contributed by atoms with Crippen molar-refractivity contribution in [1.29, 1.82) is 0 Å². The zero-order valence-electron chi connectivity index (χ0n) is 14.4. The first kappa shape index (κ1) is 20.5. The molecule has 1 aliphatic heterocycles. The summed E-state index contributed by atoms with van der Waals surface area (Å²) in [4.78, 5) is 24.4. The lowest BCUT2D eigenvalue weighted by molar-refractivity contribution is -0.142. The topological polar surface area (TPSA) is 55.4 Å². The molecule has 3 rings (SSSR count). The van der Waals surface area contributed by atoms with Gasteiger partial charge in [-0.05, 0) is 31.0 Å². The van der Waals surface area contributed by atoms with Gasteiger partial charge in [-0.25, -0.2) is 13.2 Å². The molecule has 1 unspecified atom stereocenters. The molecule has 1 heterocycles. The number of benzene rings is 2. The van der Waals surface area contributed by atoms with E-state index in [1.54, 1.807) is 6.07 Å². The number of esters is 1. The van der Waals surface area contributed by atoms with Gasteiger partial charge in [0.1, 0.15) is 6.61 Å². The van der Waals surface area contributed by atoms with Crippen LogP contribution in [-0.4, -0.2) is 23.7 Å². The average Bonchev–Trinajstić information content (AvgIpc) is 2.85. The first-order valence-corrected chi connectivity index (χ1v) is 9.67. The molecule has 0 aromatic heterocycles. The quantitative estimate of drug-likeness (QED) is 0.536. The molecule has 148 valence electrons. The molecular weight excluding hydrogens is 415 g/mol. The summed E-state index contributed by atoms with van der Waals surface area (Å²) in [6, 6.07) is 5.94. The molecule has 0 bridgehead atoms. The summed E-state index contributed by atoms with van der Waals surface area (Å²) in [5, 5.41) is 2.76. The molecular formula is C19H15ClF3NO3S. The molecule has 2 aromatic rings. The van der Waals surface area contributed by atoms with Gasteiger partial charge in [-0.2, -0.15) is 0 Å². The fourth-order valence-electron chi connectivity index (χ4n) is 2.65. The second-order valence-corrected chi connectivity index (χ2v) is 7.92. The second kappa shape index (κ2) is 8.87. The number of nitrogens with one attached hydrogen (secondary N) is 1. The van der Waals surface area contributed by atoms with Crippen LogP contribution in [-0.2, 0) is 9.53 Å². The minimum atomic E-state index is -1.60. The van der Waals surface area contributed by atoms with Crippen LogP contribution >= 0.6 is 23.4 Å². The number of halogens is 4. The van der Waals surface area contributed by atoms with Crippen molar-refractivity contribution in [3.8, 4) is 0 Å². The second-order valence-electron chi connectivity index (χ2n) is 6.17. The third-order valence-electron chi connectivity index (χ3n) is 4.07. The summed E-state index contributed by atoms with van der Waals surface area (Å²) in [5.74, 6) is -5.26. The van der Waals surface area contributed by atoms with Crippen molar-refractivity contribution in [2.24, 2.45) is 0 Å². The Labute approximate surface area is 168 Å². The number of rotatable bonds is 4. The minimum absolute atomic E-state index is 0.00236. The normalized spacial score (nSPS) is 17.0. The molecule has 1 amide bonds. The van der Waals surface area contributed by atoms with Crippen molar-refractivity contribution in [1.82, 2.24) is 0 Å². The third kappa shape index (κ3) is 4.99. The highest BCUT2D eigenvalue weighted by Crippen LogP contribution is 2.34. The van der Waals surface area contributed by atoms with E-state index in [0.717, 1.165) is 6.42 Å². The van der Waals surface area contributed by atoms with E-state index in [2.05, 4.69) is 5.32 Å². The smallest absolute Gasteiger partial charge is 0.305 e. The van der Waals surface area contributed by atoms with Crippen molar-refractivity contribution in [3.05, 3.63) is 58.4 Å². The van der Waals surface area contributed by atoms with E-state index in [1.807, 2.05) is 0 Å². The summed E-state index contributed by atoms with van der Waals surface area (Å²) >= 11 is 7.60. The molecule has 0 radical (unpaired) electrons. The maximum absolute atomic E-state index is 13.3. The minimum Gasteiger partial charge on any atom is -0.464 e. The van der Waals surface area contributed by atoms with Gasteiger partial charge in [0.2, 0.25) is 0 Å². The Balaban J connectivity index is 1.75. The summed E-state index contributed by atoms with van der Waals surface area (Å²) in [6.07, 6.45) is 1.84. The number of thioether (sulfide) groups is 1. The number of hydrogen-bond donors (Lipinski definition) is 1. The van der Waals surface area contributed by atoms with Crippen molar-refractivity contribution in [2.75, 3.05) is 11.9 Å². The van der Waals surface area contributed by atoms with Gasteiger partial charge in [-0.15, -0.1) is 11.8 Å². The highest BCUT2D eigenvalue weighted by Gasteiger charge is 2.20. The van der Waals surface area contributed by atoms with Crippen LogP contribution in [0.5, 0.6) is 0 Å². The zero-order valence-corrected chi connectivity index (χ0v) is 16.0. The Hall–Kier alpha value is -2.19. The first-order valence-electron chi connectivity index (χ1n) is 8.41. The van der Waals surface area contributed by atoms with Gasteiger partial charge >= 0.3 is 5.97 Å². The van der Waals surface area contributed by atoms with E-state index in [1.165, 1.54) is 23.9 Å². The molecule has 4 nitrogen and oxygen atoms in total. The van der Waals surface area contributed by atoms with Crippen LogP contribution in [0, 0.1) is 17.5 Å². The van der Waals surface area contributed by atoms with Gasteiger partial charge in [0.05, 0.1) is 5.02 Å². The van der Waals surface area contributed by atoms with Crippen molar-refractivity contribution < 1.29 is 27.5 Å². The van der Waals surface area contributed by atoms with E-state index in [-0.39, 0.29) is 29.1 Å². The number of amides is 1. The van der Waals surface area contributed by atoms with Crippen LogP contribution in [0.4, 0.5) is 18.9 Å². The highest BCUT2D eigenvalue weighted by molar-refractivity contribution is 8.00. The van der Waals surface area contributed by atoms with Gasteiger partial charge in [-0.3, -0.25) is 9.59 Å². The Morgan fingerprint density at radius 3 is 2.61 bits per heavy atom. The highest BCUT2D eigenvalue weighted by atomic mass is 35.5. The first-order chi connectivity index (χ1) is 13.3. The van der Waals surface area contributed by atoms with Crippen LogP contribution in [0.3, 0.4) is 0 Å². The molecule has 28 heavy (non-hydrogen) atoms. The summed E-state index contributed by atoms with van der Waals surface area (Å²) < 4.78 is 44.8. The molecule has 2 aromatic carbocycles. The Morgan fingerprint density at radius 1 is 1.18 bits per heavy atom. The summed E-state index contributed by atoms with van der Waals surface area (Å²) in [7, 11) is 0. The fraction of sp³-hybridized carbons (Fsp3) is 0.263. The van der Waals surface area contributed by atoms with Crippen LogP contribution in [0.15, 0.2) is 35.2 Å². The summed E-state index contributed by atoms with van der Waals surface area (Å²) in [6.45, 7) is 0.254. The van der Waals surface area contributed by atoms with Crippen molar-refractivity contribution >= 4 is 40.9 Å². The predicted molar refractivity (Wildman–Crippen MR) is 100 cm³/mol. The van der Waals surface area contributed by atoms with Gasteiger partial charge in [0.25, 0.3) is 5.91 Å². The monoisotopic (exact) mass is 429 g/mol. The molecule has 1 aliphatic rings. The molecule has 0 saturated carbocycles. The lowest BCUT2D eigenvalue weighted by Crippen LogP contribution is -2.14. The van der Waals surface area contributed by atoms with Gasteiger partial charge in [-0.1, -0.05) is 11.6 Å². The average molecular weight is 430 g/mol. The Morgan fingerprint density at radius 2 is 1.89 bits per heavy atom. The molecule has 9 heteroatoms. The number of anilines is 1. The van der Waals surface area contributed by atoms with Gasteiger partial charge in [0, 0.05) is 39.9 Å². The summed E-state index contributed by atoms with van der Waals surface area (Å²) in [5.41, 5.74) is 0.00360. The largest absolute Gasteiger partial charge is 0.464 e. The van der Waals surface area contributed by atoms with Crippen LogP contribution in [0.25, 0.3) is 0 Å². The fourth-order valence-corrected chi connectivity index (χ4v) is 4.06. The number of cyclic esters (lactones) is 1. The predicted octanol–water partition coefficient (Wildman–Crippen LogP) is 5.20. The molecule has 0 spiro atoms. The van der Waals surface area contributed by atoms with E-state index in [4.69, 9.17) is 16.3 Å². The lowest BCUT2D eigenvalue weighted by Gasteiger charge is -2.15. The van der Waals surface area contributed by atoms with E-state index in [0.29, 0.717) is 34.9 Å². The number of hydrogen-bond acceptors (Lipinski definition) is 4. The van der Waals surface area contributed by atoms with Crippen LogP contribution < -0.4 is 5.32 Å². The standard InChI is InChI=1S/C19H15ClF3NO3S/c20-13-5-4-10(6-16(13)28-12-2-1-3-17(25)27-9-12)19(26)24-11-7-14(21)18(23)15(22)8-11/h4-8,12H,1-3,9H2,(H,24,26). The van der Waals surface area contributed by atoms with Gasteiger partial charge in [0.15, 0.2) is 17.5 Å². The third-order valence-corrected chi connectivity index (χ3v) is 5.80. The SMILES string of the molecule is O=C1CCCC(Sc2cc(C(=O)Nc3cc(F)c(F)c(F)c3)ccc2Cl)CO1. The number of ether oxygens (including phenoxy) is 1. The number of carbonyl (C=O) groups is 2. The molecule has 1 fully saturated rings. The number of carbonyl (C=O) groups excluding carboxylic acids is 2. The van der Waals surface area contributed by atoms with E-state index >= 15 is 0 Å². The lowest BCUT2D eigenvalue weighted by atomic mass is 10.2. The Kier molecular flexibility index (Phi) is 6.51. The maximum atomic E-state index is 13.3. The van der Waals surface area contributed by atoms with E-state index in [9.17, 15) is 22.8 Å². The van der Waals surface area contributed by atoms with Crippen molar-refractivity contribution in [3.63, 3.8) is 0 Å². The molecule has 1 saturated heterocycles. The van der Waals surface area contributed by atoms with Crippen LogP contribution in [0.2, 0.25) is 5.02 Å². The molecule has 1 N–H and O–H groups in total. The maximum Gasteiger partial charge on any atom is 0.305 e. The van der Waals surface area contributed by atoms with Crippen molar-refractivity contribution in [2.45, 2.75) is 29.4 Å². The molecule has 0 aliphatic carbocycles. The Bertz CT molecular complexity index is 902. The van der Waals surface area contributed by atoms with E-state index < -0.39 is 23.4 Å².